The largest absolute Gasteiger partial charge is 0.369 e. The van der Waals surface area contributed by atoms with Gasteiger partial charge in [0, 0.05) is 43.5 Å². The maximum absolute atomic E-state index is 4.71. The molecule has 0 radical (unpaired) electrons. The molecule has 0 aliphatic carbocycles. The van der Waals surface area contributed by atoms with Gasteiger partial charge in [0.1, 0.15) is 11.6 Å². The number of anilines is 2. The molecular formula is C17H22BrN7. The smallest absolute Gasteiger partial charge is 0.173 e. The molecule has 7 nitrogen and oxygen atoms in total. The number of nitrogens with zero attached hydrogens (tertiary/aromatic N) is 4. The predicted molar refractivity (Wildman–Crippen MR) is 104 cm³/mol. The molecular weight excluding hydrogens is 382 g/mol. The zero-order valence-corrected chi connectivity index (χ0v) is 15.7. The van der Waals surface area contributed by atoms with E-state index >= 15 is 0 Å². The molecule has 0 amide bonds. The van der Waals surface area contributed by atoms with Crippen molar-refractivity contribution in [2.45, 2.75) is 19.4 Å². The molecule has 4 rings (SSSR count). The summed E-state index contributed by atoms with van der Waals surface area (Å²) in [6.07, 6.45) is 8.91. The van der Waals surface area contributed by atoms with Gasteiger partial charge in [-0.15, -0.1) is 0 Å². The topological polar surface area (TPSA) is 78.6 Å². The first-order valence-electron chi connectivity index (χ1n) is 8.66. The fraction of sp³-hybridized carbons (Fsp3) is 0.471. The molecule has 1 fully saturated rings. The summed E-state index contributed by atoms with van der Waals surface area (Å²) in [5.41, 5.74) is 0.809. The van der Waals surface area contributed by atoms with Crippen LogP contribution >= 0.6 is 15.9 Å². The first-order chi connectivity index (χ1) is 12.2. The second kappa shape index (κ2) is 7.13. The van der Waals surface area contributed by atoms with E-state index in [-0.39, 0.29) is 0 Å². The highest BCUT2D eigenvalue weighted by Gasteiger charge is 2.18. The number of hydrogen-bond donors (Lipinski definition) is 3. The van der Waals surface area contributed by atoms with Gasteiger partial charge in [0.25, 0.3) is 0 Å². The van der Waals surface area contributed by atoms with E-state index in [2.05, 4.69) is 55.0 Å². The monoisotopic (exact) mass is 403 g/mol. The summed E-state index contributed by atoms with van der Waals surface area (Å²) in [5, 5.41) is 14.9. The van der Waals surface area contributed by atoms with Crippen LogP contribution in [0.15, 0.2) is 34.0 Å². The van der Waals surface area contributed by atoms with Crippen LogP contribution in [-0.4, -0.2) is 46.5 Å². The van der Waals surface area contributed by atoms with Gasteiger partial charge in [-0.3, -0.25) is 4.99 Å². The van der Waals surface area contributed by atoms with Crippen LogP contribution in [0.4, 0.5) is 11.6 Å². The first-order valence-corrected chi connectivity index (χ1v) is 9.45. The highest BCUT2D eigenvalue weighted by molar-refractivity contribution is 9.10. The van der Waals surface area contributed by atoms with Crippen molar-refractivity contribution in [2.75, 3.05) is 30.3 Å². The van der Waals surface area contributed by atoms with Crippen LogP contribution in [0.1, 0.15) is 13.3 Å². The van der Waals surface area contributed by atoms with Gasteiger partial charge in [-0.25, -0.2) is 4.98 Å². The minimum absolute atomic E-state index is 0.364. The maximum Gasteiger partial charge on any atom is 0.173 e. The molecule has 25 heavy (non-hydrogen) atoms. The Morgan fingerprint density at radius 3 is 3.16 bits per heavy atom. The van der Waals surface area contributed by atoms with Gasteiger partial charge in [-0.05, 0) is 34.8 Å². The number of rotatable bonds is 5. The van der Waals surface area contributed by atoms with Gasteiger partial charge in [-0.2, -0.15) is 9.61 Å². The number of fused-ring (bicyclic) bond motifs is 1. The van der Waals surface area contributed by atoms with Crippen LogP contribution in [-0.2, 0) is 0 Å². The summed E-state index contributed by atoms with van der Waals surface area (Å²) in [5.74, 6) is 2.63. The molecule has 2 aliphatic heterocycles. The number of aromatic nitrogens is 3. The summed E-state index contributed by atoms with van der Waals surface area (Å²) in [6.45, 7) is 5.03. The molecule has 0 saturated carbocycles. The zero-order valence-electron chi connectivity index (χ0n) is 14.1. The maximum atomic E-state index is 4.71. The Balaban J connectivity index is 1.57. The lowest BCUT2D eigenvalue weighted by molar-refractivity contribution is 0.567. The lowest BCUT2D eigenvalue weighted by Crippen LogP contribution is -2.25. The number of halogens is 1. The molecule has 2 aromatic heterocycles. The third-order valence-corrected chi connectivity index (χ3v) is 5.35. The van der Waals surface area contributed by atoms with Crippen molar-refractivity contribution in [3.8, 4) is 0 Å². The molecule has 2 aliphatic rings. The Labute approximate surface area is 155 Å². The van der Waals surface area contributed by atoms with Crippen LogP contribution in [0.2, 0.25) is 0 Å². The number of allylic oxidation sites excluding steroid dienone is 1. The van der Waals surface area contributed by atoms with Crippen molar-refractivity contribution in [3.05, 3.63) is 29.0 Å². The predicted octanol–water partition coefficient (Wildman–Crippen LogP) is 2.53. The van der Waals surface area contributed by atoms with E-state index in [4.69, 9.17) is 4.98 Å². The lowest BCUT2D eigenvalue weighted by Gasteiger charge is -2.21. The normalized spacial score (nSPS) is 25.6. The van der Waals surface area contributed by atoms with E-state index in [1.165, 1.54) is 0 Å². The van der Waals surface area contributed by atoms with Crippen LogP contribution < -0.4 is 16.0 Å². The Kier molecular flexibility index (Phi) is 4.72. The van der Waals surface area contributed by atoms with Crippen molar-refractivity contribution in [2.24, 2.45) is 16.8 Å². The van der Waals surface area contributed by atoms with E-state index in [9.17, 15) is 0 Å². The Morgan fingerprint density at radius 2 is 2.36 bits per heavy atom. The van der Waals surface area contributed by atoms with Gasteiger partial charge in [0.15, 0.2) is 5.65 Å². The van der Waals surface area contributed by atoms with E-state index in [1.807, 2.05) is 23.0 Å². The fourth-order valence-electron chi connectivity index (χ4n) is 3.21. The lowest BCUT2D eigenvalue weighted by atomic mass is 9.94. The van der Waals surface area contributed by atoms with Crippen molar-refractivity contribution in [3.63, 3.8) is 0 Å². The molecule has 4 heterocycles. The molecule has 0 aromatic carbocycles. The standard InChI is InChI=1S/C17H22BrN7/c1-11-2-4-19-7-12(11)8-21-16-6-15(23-13-3-5-20-9-13)24-17-14(18)10-22-25(16)17/h2,4,6-7,10-13,20-21H,3,5,8-9H2,1H3,(H,23,24)/t11?,12?,13-/m1/s1. The minimum Gasteiger partial charge on any atom is -0.369 e. The molecule has 132 valence electrons. The van der Waals surface area contributed by atoms with Gasteiger partial charge in [0.2, 0.25) is 0 Å². The van der Waals surface area contributed by atoms with Gasteiger partial charge in [0.05, 0.1) is 10.7 Å². The van der Waals surface area contributed by atoms with Gasteiger partial charge < -0.3 is 16.0 Å². The molecule has 8 heteroatoms. The van der Waals surface area contributed by atoms with Crippen LogP contribution in [0, 0.1) is 11.8 Å². The van der Waals surface area contributed by atoms with Crippen molar-refractivity contribution < 1.29 is 0 Å². The fourth-order valence-corrected chi connectivity index (χ4v) is 3.56. The van der Waals surface area contributed by atoms with Crippen molar-refractivity contribution in [1.82, 2.24) is 19.9 Å². The quantitative estimate of drug-likeness (QED) is 0.714. The van der Waals surface area contributed by atoms with Crippen molar-refractivity contribution in [1.29, 1.82) is 0 Å². The second-order valence-electron chi connectivity index (χ2n) is 6.63. The number of nitrogens with one attached hydrogen (secondary N) is 3. The number of hydrogen-bond acceptors (Lipinski definition) is 6. The third-order valence-electron chi connectivity index (χ3n) is 4.79. The number of aliphatic imine (C=N–C) groups is 1. The highest BCUT2D eigenvalue weighted by Crippen LogP contribution is 2.24. The zero-order chi connectivity index (χ0) is 17.2. The molecule has 0 spiro atoms. The first kappa shape index (κ1) is 16.5. The molecule has 1 saturated heterocycles. The Hall–Kier alpha value is -1.93. The van der Waals surface area contributed by atoms with E-state index in [0.29, 0.717) is 17.9 Å². The second-order valence-corrected chi connectivity index (χ2v) is 7.49. The van der Waals surface area contributed by atoms with Crippen molar-refractivity contribution >= 4 is 39.4 Å². The molecule has 2 aromatic rings. The van der Waals surface area contributed by atoms with E-state index in [0.717, 1.165) is 47.8 Å². The molecule has 0 bridgehead atoms. The van der Waals surface area contributed by atoms with Crippen LogP contribution in [0.5, 0.6) is 0 Å². The Morgan fingerprint density at radius 1 is 1.44 bits per heavy atom. The summed E-state index contributed by atoms with van der Waals surface area (Å²) >= 11 is 3.54. The summed E-state index contributed by atoms with van der Waals surface area (Å²) in [4.78, 5) is 8.97. The average Bonchev–Trinajstić information content (AvgIpc) is 3.25. The molecule has 3 atom stereocenters. The Bertz CT molecular complexity index is 807. The summed E-state index contributed by atoms with van der Waals surface area (Å²) < 4.78 is 2.72. The minimum atomic E-state index is 0.364. The van der Waals surface area contributed by atoms with Gasteiger partial charge in [-0.1, -0.05) is 13.0 Å². The van der Waals surface area contributed by atoms with Gasteiger partial charge >= 0.3 is 0 Å². The summed E-state index contributed by atoms with van der Waals surface area (Å²) in [6, 6.07) is 2.45. The molecule has 2 unspecified atom stereocenters. The van der Waals surface area contributed by atoms with E-state index < -0.39 is 0 Å². The SMILES string of the molecule is CC1C=CN=CC1CNc1cc(N[C@@H]2CCNC2)nc2c(Br)cnn12. The van der Waals surface area contributed by atoms with E-state index in [1.54, 1.807) is 6.20 Å². The third kappa shape index (κ3) is 3.55. The average molecular weight is 404 g/mol. The molecule has 3 N–H and O–H groups in total. The van der Waals surface area contributed by atoms with Crippen LogP contribution in [0.3, 0.4) is 0 Å². The summed E-state index contributed by atoms with van der Waals surface area (Å²) in [7, 11) is 0. The highest BCUT2D eigenvalue weighted by atomic mass is 79.9. The van der Waals surface area contributed by atoms with Crippen LogP contribution in [0.25, 0.3) is 5.65 Å².